The van der Waals surface area contributed by atoms with Gasteiger partial charge in [-0.15, -0.1) is 12.3 Å². The molecule has 0 aromatic heterocycles. The molecule has 0 N–H and O–H groups in total. The van der Waals surface area contributed by atoms with Crippen molar-refractivity contribution in [2.75, 3.05) is 0 Å². The van der Waals surface area contributed by atoms with Gasteiger partial charge in [0, 0.05) is 11.5 Å². The average Bonchev–Trinajstić information content (AvgIpc) is 2.37. The van der Waals surface area contributed by atoms with E-state index in [-0.39, 0.29) is 0 Å². The van der Waals surface area contributed by atoms with Crippen molar-refractivity contribution >= 4 is 0 Å². The van der Waals surface area contributed by atoms with Gasteiger partial charge in [-0.05, 0) is 6.08 Å². The molecule has 0 spiro atoms. The lowest BCUT2D eigenvalue weighted by molar-refractivity contribution is 0.900. The SMILES string of the molecule is C=C[C@@H](C)C1=C=CC=C1. The molecule has 0 aliphatic heterocycles. The Bertz CT molecular complexity index is 200. The first kappa shape index (κ1) is 6.12. The fourth-order valence-electron chi connectivity index (χ4n) is 0.754. The Labute approximate surface area is 55.9 Å². The lowest BCUT2D eigenvalue weighted by atomic mass is 10.0. The number of hydrogen-bond acceptors (Lipinski definition) is 0. The molecular formula is C9H10. The summed E-state index contributed by atoms with van der Waals surface area (Å²) >= 11 is 0. The zero-order valence-electron chi connectivity index (χ0n) is 5.59. The normalized spacial score (nSPS) is 17.7. The van der Waals surface area contributed by atoms with E-state index < -0.39 is 0 Å². The predicted octanol–water partition coefficient (Wildman–Crippen LogP) is 2.46. The van der Waals surface area contributed by atoms with Crippen molar-refractivity contribution in [3.05, 3.63) is 42.2 Å². The summed E-state index contributed by atoms with van der Waals surface area (Å²) in [6.45, 7) is 5.81. The lowest BCUT2D eigenvalue weighted by Crippen LogP contribution is -1.87. The third kappa shape index (κ3) is 1.22. The summed E-state index contributed by atoms with van der Waals surface area (Å²) in [5.41, 5.74) is 4.34. The molecule has 0 nitrogen and oxygen atoms in total. The van der Waals surface area contributed by atoms with Gasteiger partial charge >= 0.3 is 0 Å². The van der Waals surface area contributed by atoms with Gasteiger partial charge < -0.3 is 0 Å². The van der Waals surface area contributed by atoms with Crippen LogP contribution < -0.4 is 0 Å². The summed E-state index contributed by atoms with van der Waals surface area (Å²) in [5.74, 6) is 0.444. The highest BCUT2D eigenvalue weighted by molar-refractivity contribution is 5.32. The molecule has 0 saturated heterocycles. The molecule has 0 fully saturated rings. The standard InChI is InChI=1S/C9H10/c1-3-8(2)9-6-4-5-7-9/h3-6,8H,1H2,2H3/t8-/m1/s1. The maximum Gasteiger partial charge on any atom is 0.00603 e. The summed E-state index contributed by atoms with van der Waals surface area (Å²) in [7, 11) is 0. The first-order valence-electron chi connectivity index (χ1n) is 3.10. The maximum absolute atomic E-state index is 3.70. The highest BCUT2D eigenvalue weighted by Gasteiger charge is 2.00. The fourth-order valence-corrected chi connectivity index (χ4v) is 0.754. The van der Waals surface area contributed by atoms with Crippen molar-refractivity contribution in [2.45, 2.75) is 6.92 Å². The van der Waals surface area contributed by atoms with Gasteiger partial charge in [0.1, 0.15) is 0 Å². The van der Waals surface area contributed by atoms with E-state index >= 15 is 0 Å². The van der Waals surface area contributed by atoms with Crippen LogP contribution in [0, 0.1) is 5.92 Å². The van der Waals surface area contributed by atoms with E-state index in [0.29, 0.717) is 5.92 Å². The van der Waals surface area contributed by atoms with Crippen molar-refractivity contribution in [1.29, 1.82) is 0 Å². The third-order valence-electron chi connectivity index (χ3n) is 1.47. The van der Waals surface area contributed by atoms with Crippen molar-refractivity contribution in [3.63, 3.8) is 0 Å². The van der Waals surface area contributed by atoms with Gasteiger partial charge in [0.05, 0.1) is 0 Å². The summed E-state index contributed by atoms with van der Waals surface area (Å²) in [5, 5.41) is 0. The number of rotatable bonds is 2. The van der Waals surface area contributed by atoms with Crippen LogP contribution in [-0.4, -0.2) is 0 Å². The smallest absolute Gasteiger partial charge is 0.00603 e. The van der Waals surface area contributed by atoms with Gasteiger partial charge in [0.2, 0.25) is 0 Å². The van der Waals surface area contributed by atoms with Crippen molar-refractivity contribution < 1.29 is 0 Å². The first-order chi connectivity index (χ1) is 4.34. The van der Waals surface area contributed by atoms with Crippen molar-refractivity contribution in [2.24, 2.45) is 5.92 Å². The molecule has 1 atom stereocenters. The van der Waals surface area contributed by atoms with Gasteiger partial charge in [-0.2, -0.15) is 0 Å². The highest BCUT2D eigenvalue weighted by Crippen LogP contribution is 2.13. The van der Waals surface area contributed by atoms with Crippen LogP contribution in [0.25, 0.3) is 0 Å². The monoisotopic (exact) mass is 118 g/mol. The molecule has 0 aromatic rings. The largest absolute Gasteiger partial charge is 0.117 e. The summed E-state index contributed by atoms with van der Waals surface area (Å²) in [6.07, 6.45) is 7.91. The quantitative estimate of drug-likeness (QED) is 0.386. The molecule has 9 heavy (non-hydrogen) atoms. The molecule has 0 aromatic carbocycles. The maximum atomic E-state index is 3.70. The fraction of sp³-hybridized carbons (Fsp3) is 0.222. The van der Waals surface area contributed by atoms with E-state index in [4.69, 9.17) is 0 Å². The van der Waals surface area contributed by atoms with Gasteiger partial charge in [-0.1, -0.05) is 25.2 Å². The van der Waals surface area contributed by atoms with Crippen LogP contribution in [-0.2, 0) is 0 Å². The van der Waals surface area contributed by atoms with E-state index in [0.717, 1.165) is 0 Å². The first-order valence-corrected chi connectivity index (χ1v) is 3.10. The Balaban J connectivity index is 2.74. The van der Waals surface area contributed by atoms with Crippen molar-refractivity contribution in [3.8, 4) is 0 Å². The Morgan fingerprint density at radius 3 is 3.00 bits per heavy atom. The van der Waals surface area contributed by atoms with Crippen LogP contribution >= 0.6 is 0 Å². The van der Waals surface area contributed by atoms with Crippen LogP contribution in [0.3, 0.4) is 0 Å². The van der Waals surface area contributed by atoms with Gasteiger partial charge in [-0.25, -0.2) is 0 Å². The van der Waals surface area contributed by atoms with E-state index in [1.54, 1.807) is 0 Å². The minimum absolute atomic E-state index is 0.444. The zero-order chi connectivity index (χ0) is 6.69. The van der Waals surface area contributed by atoms with Crippen LogP contribution in [0.1, 0.15) is 6.92 Å². The third-order valence-corrected chi connectivity index (χ3v) is 1.47. The minimum Gasteiger partial charge on any atom is -0.117 e. The van der Waals surface area contributed by atoms with Crippen LogP contribution in [0.4, 0.5) is 0 Å². The molecule has 1 aliphatic rings. The van der Waals surface area contributed by atoms with Gasteiger partial charge in [0.25, 0.3) is 0 Å². The second-order valence-electron chi connectivity index (χ2n) is 2.15. The second-order valence-corrected chi connectivity index (χ2v) is 2.15. The Hall–Kier alpha value is -1.00. The van der Waals surface area contributed by atoms with Crippen LogP contribution in [0.2, 0.25) is 0 Å². The molecule has 1 rings (SSSR count). The van der Waals surface area contributed by atoms with Gasteiger partial charge in [0.15, 0.2) is 0 Å². The van der Waals surface area contributed by atoms with E-state index in [9.17, 15) is 0 Å². The summed E-state index contributed by atoms with van der Waals surface area (Å²) in [6, 6.07) is 0. The molecule has 0 heteroatoms. The molecule has 0 amide bonds. The highest BCUT2D eigenvalue weighted by atomic mass is 14.0. The summed E-state index contributed by atoms with van der Waals surface area (Å²) < 4.78 is 0. The van der Waals surface area contributed by atoms with Crippen LogP contribution in [0.15, 0.2) is 42.2 Å². The Morgan fingerprint density at radius 1 is 1.78 bits per heavy atom. The van der Waals surface area contributed by atoms with E-state index in [1.807, 2.05) is 18.2 Å². The molecular weight excluding hydrogens is 108 g/mol. The Kier molecular flexibility index (Phi) is 1.72. The van der Waals surface area contributed by atoms with Crippen LogP contribution in [0.5, 0.6) is 0 Å². The second kappa shape index (κ2) is 2.52. The van der Waals surface area contributed by atoms with E-state index in [1.165, 1.54) is 5.57 Å². The lowest BCUT2D eigenvalue weighted by Gasteiger charge is -1.99. The molecule has 46 valence electrons. The zero-order valence-corrected chi connectivity index (χ0v) is 5.59. The molecule has 0 heterocycles. The molecule has 1 aliphatic carbocycles. The number of hydrogen-bond donors (Lipinski definition) is 0. The predicted molar refractivity (Wildman–Crippen MR) is 40.1 cm³/mol. The molecule has 0 radical (unpaired) electrons. The van der Waals surface area contributed by atoms with E-state index in [2.05, 4.69) is 25.3 Å². The topological polar surface area (TPSA) is 0 Å². The average molecular weight is 118 g/mol. The van der Waals surface area contributed by atoms with Gasteiger partial charge in [-0.3, -0.25) is 0 Å². The minimum atomic E-state index is 0.444. The summed E-state index contributed by atoms with van der Waals surface area (Å²) in [4.78, 5) is 0. The molecule has 0 unspecified atom stereocenters. The Morgan fingerprint density at radius 2 is 2.56 bits per heavy atom. The molecule has 0 bridgehead atoms. The number of allylic oxidation sites excluding steroid dienone is 4. The molecule has 0 saturated carbocycles. The van der Waals surface area contributed by atoms with Crippen molar-refractivity contribution in [1.82, 2.24) is 0 Å².